The predicted octanol–water partition coefficient (Wildman–Crippen LogP) is 4.17. The van der Waals surface area contributed by atoms with Crippen molar-refractivity contribution in [2.45, 2.75) is 36.5 Å². The summed E-state index contributed by atoms with van der Waals surface area (Å²) in [6.07, 6.45) is 4.93. The van der Waals surface area contributed by atoms with Crippen LogP contribution in [-0.2, 0) is 17.6 Å². The van der Waals surface area contributed by atoms with Crippen LogP contribution in [-0.4, -0.2) is 21.1 Å². The van der Waals surface area contributed by atoms with Crippen molar-refractivity contribution >= 4 is 44.9 Å². The van der Waals surface area contributed by atoms with Crippen molar-refractivity contribution in [1.29, 1.82) is 5.26 Å². The van der Waals surface area contributed by atoms with Crippen molar-refractivity contribution in [1.82, 2.24) is 9.97 Å². The average molecular weight is 380 g/mol. The molecule has 0 radical (unpaired) electrons. The van der Waals surface area contributed by atoms with Gasteiger partial charge in [-0.2, -0.15) is 5.26 Å². The molecular weight excluding hydrogens is 364 g/mol. The van der Waals surface area contributed by atoms with Gasteiger partial charge in [0.05, 0.1) is 16.5 Å². The molecule has 1 unspecified atom stereocenters. The van der Waals surface area contributed by atoms with Gasteiger partial charge in [0.1, 0.15) is 22.3 Å². The van der Waals surface area contributed by atoms with Crippen molar-refractivity contribution in [2.24, 2.45) is 0 Å². The number of hydrogen-bond acceptors (Lipinski definition) is 6. The van der Waals surface area contributed by atoms with Gasteiger partial charge in [-0.05, 0) is 43.9 Å². The van der Waals surface area contributed by atoms with Crippen LogP contribution in [0, 0.1) is 11.3 Å². The molecule has 1 atom stereocenters. The van der Waals surface area contributed by atoms with E-state index in [0.29, 0.717) is 11.3 Å². The third-order valence-corrected chi connectivity index (χ3v) is 6.73. The largest absolute Gasteiger partial charge is 0.324 e. The Balaban J connectivity index is 1.57. The van der Waals surface area contributed by atoms with Crippen LogP contribution in [0.25, 0.3) is 10.2 Å². The lowest BCUT2D eigenvalue weighted by atomic mass is 10.2. The Morgan fingerprint density at radius 3 is 3.04 bits per heavy atom. The Labute approximate surface area is 159 Å². The lowest BCUT2D eigenvalue weighted by Gasteiger charge is -2.13. The number of para-hydroxylation sites is 1. The smallest absolute Gasteiger partial charge is 0.237 e. The third-order valence-electron chi connectivity index (χ3n) is 4.43. The van der Waals surface area contributed by atoms with E-state index in [0.717, 1.165) is 28.1 Å². The van der Waals surface area contributed by atoms with Crippen LogP contribution in [0.3, 0.4) is 0 Å². The normalized spacial score (nSPS) is 14.0. The van der Waals surface area contributed by atoms with Gasteiger partial charge in [0, 0.05) is 10.3 Å². The molecule has 0 bridgehead atoms. The number of nitriles is 1. The number of hydrogen-bond donors (Lipinski definition) is 1. The van der Waals surface area contributed by atoms with Crippen LogP contribution in [0.5, 0.6) is 0 Å². The summed E-state index contributed by atoms with van der Waals surface area (Å²) < 4.78 is 0. The summed E-state index contributed by atoms with van der Waals surface area (Å²) in [5, 5.41) is 13.7. The Hall–Kier alpha value is -2.43. The number of carbonyl (C=O) groups excluding carboxylic acids is 1. The number of benzene rings is 1. The molecule has 2 aromatic heterocycles. The molecule has 0 spiro atoms. The van der Waals surface area contributed by atoms with E-state index in [9.17, 15) is 4.79 Å². The average Bonchev–Trinajstić information content (AvgIpc) is 3.23. The molecule has 0 saturated heterocycles. The van der Waals surface area contributed by atoms with Gasteiger partial charge < -0.3 is 5.32 Å². The molecule has 1 aliphatic rings. The zero-order chi connectivity index (χ0) is 18.1. The van der Waals surface area contributed by atoms with Gasteiger partial charge in [0.15, 0.2) is 0 Å². The fourth-order valence-corrected chi connectivity index (χ4v) is 5.37. The van der Waals surface area contributed by atoms with Gasteiger partial charge in [0.2, 0.25) is 5.91 Å². The van der Waals surface area contributed by atoms with Crippen molar-refractivity contribution in [3.05, 3.63) is 46.6 Å². The summed E-state index contributed by atoms with van der Waals surface area (Å²) in [5.74, 6) is -0.142. The quantitative estimate of drug-likeness (QED) is 0.543. The minimum absolute atomic E-state index is 0.142. The summed E-state index contributed by atoms with van der Waals surface area (Å²) in [5.41, 5.74) is 2.35. The molecule has 2 heterocycles. The van der Waals surface area contributed by atoms with Crippen LogP contribution >= 0.6 is 23.1 Å². The number of fused-ring (bicyclic) bond motifs is 3. The van der Waals surface area contributed by atoms with E-state index in [1.54, 1.807) is 41.9 Å². The monoisotopic (exact) mass is 380 g/mol. The number of rotatable bonds is 4. The highest BCUT2D eigenvalue weighted by atomic mass is 32.2. The van der Waals surface area contributed by atoms with E-state index < -0.39 is 0 Å². The van der Waals surface area contributed by atoms with Crippen LogP contribution < -0.4 is 5.32 Å². The highest BCUT2D eigenvalue weighted by Gasteiger charge is 2.24. The van der Waals surface area contributed by atoms with Crippen LogP contribution in [0.4, 0.5) is 5.69 Å². The lowest BCUT2D eigenvalue weighted by molar-refractivity contribution is -0.115. The molecule has 130 valence electrons. The van der Waals surface area contributed by atoms with Crippen LogP contribution in [0.15, 0.2) is 35.6 Å². The fraction of sp³-hybridized carbons (Fsp3) is 0.263. The Morgan fingerprint density at radius 1 is 1.35 bits per heavy atom. The number of nitrogens with zero attached hydrogens (tertiary/aromatic N) is 3. The van der Waals surface area contributed by atoms with Gasteiger partial charge in [0.25, 0.3) is 0 Å². The number of aromatic nitrogens is 2. The maximum absolute atomic E-state index is 12.6. The SMILES string of the molecule is CC(Sc1ncnc2sc3c(c12)CCC3)C(=O)Nc1ccccc1C#N. The summed E-state index contributed by atoms with van der Waals surface area (Å²) in [6, 6.07) is 9.11. The molecular formula is C19H16N4OS2. The third kappa shape index (κ3) is 3.06. The fourth-order valence-electron chi connectivity index (χ4n) is 3.13. The number of amides is 1. The minimum atomic E-state index is -0.336. The summed E-state index contributed by atoms with van der Waals surface area (Å²) in [4.78, 5) is 23.9. The maximum Gasteiger partial charge on any atom is 0.237 e. The molecule has 4 rings (SSSR count). The first-order valence-electron chi connectivity index (χ1n) is 8.39. The van der Waals surface area contributed by atoms with E-state index in [4.69, 9.17) is 5.26 Å². The molecule has 1 N–H and O–H groups in total. The Morgan fingerprint density at radius 2 is 2.19 bits per heavy atom. The molecule has 5 nitrogen and oxygen atoms in total. The molecule has 1 amide bonds. The highest BCUT2D eigenvalue weighted by molar-refractivity contribution is 8.00. The number of nitrogens with one attached hydrogen (secondary N) is 1. The first-order chi connectivity index (χ1) is 12.7. The number of anilines is 1. The van der Waals surface area contributed by atoms with Gasteiger partial charge >= 0.3 is 0 Å². The van der Waals surface area contributed by atoms with Gasteiger partial charge in [-0.25, -0.2) is 9.97 Å². The van der Waals surface area contributed by atoms with Crippen molar-refractivity contribution in [3.8, 4) is 6.07 Å². The number of thioether (sulfide) groups is 1. The number of thiophene rings is 1. The predicted molar refractivity (Wildman–Crippen MR) is 105 cm³/mol. The molecule has 1 aliphatic carbocycles. The van der Waals surface area contributed by atoms with Gasteiger partial charge in [-0.3, -0.25) is 4.79 Å². The maximum atomic E-state index is 12.6. The Kier molecular flexibility index (Phi) is 4.62. The second kappa shape index (κ2) is 7.06. The zero-order valence-corrected chi connectivity index (χ0v) is 15.8. The molecule has 7 heteroatoms. The zero-order valence-electron chi connectivity index (χ0n) is 14.2. The van der Waals surface area contributed by atoms with Crippen LogP contribution in [0.1, 0.15) is 29.3 Å². The number of carbonyl (C=O) groups is 1. The number of aryl methyl sites for hydroxylation is 2. The molecule has 0 fully saturated rings. The van der Waals surface area contributed by atoms with Crippen molar-refractivity contribution in [3.63, 3.8) is 0 Å². The second-order valence-corrected chi connectivity index (χ2v) is 8.54. The van der Waals surface area contributed by atoms with E-state index in [-0.39, 0.29) is 11.2 Å². The topological polar surface area (TPSA) is 78.7 Å². The van der Waals surface area contributed by atoms with Crippen LogP contribution in [0.2, 0.25) is 0 Å². The van der Waals surface area contributed by atoms with Gasteiger partial charge in [-0.15, -0.1) is 11.3 Å². The highest BCUT2D eigenvalue weighted by Crippen LogP contribution is 2.40. The van der Waals surface area contributed by atoms with Gasteiger partial charge in [-0.1, -0.05) is 23.9 Å². The Bertz CT molecular complexity index is 1040. The molecule has 26 heavy (non-hydrogen) atoms. The molecule has 0 saturated carbocycles. The first kappa shape index (κ1) is 17.0. The first-order valence-corrected chi connectivity index (χ1v) is 10.1. The van der Waals surface area contributed by atoms with Crippen molar-refractivity contribution < 1.29 is 4.79 Å². The van der Waals surface area contributed by atoms with E-state index in [1.165, 1.54) is 28.6 Å². The minimum Gasteiger partial charge on any atom is -0.324 e. The summed E-state index contributed by atoms with van der Waals surface area (Å²) >= 11 is 3.19. The standard InChI is InChI=1S/C19H16N4OS2/c1-11(17(24)23-14-7-3-2-5-12(14)9-20)25-18-16-13-6-4-8-15(13)26-19(16)22-10-21-18/h2-3,5,7,10-11H,4,6,8H2,1H3,(H,23,24). The molecule has 3 aromatic rings. The van der Waals surface area contributed by atoms with E-state index in [1.807, 2.05) is 6.92 Å². The van der Waals surface area contributed by atoms with E-state index >= 15 is 0 Å². The summed E-state index contributed by atoms with van der Waals surface area (Å²) in [6.45, 7) is 1.86. The lowest BCUT2D eigenvalue weighted by Crippen LogP contribution is -2.23. The molecule has 0 aliphatic heterocycles. The van der Waals surface area contributed by atoms with Crippen molar-refractivity contribution in [2.75, 3.05) is 5.32 Å². The van der Waals surface area contributed by atoms with E-state index in [2.05, 4.69) is 21.4 Å². The molecule has 1 aromatic carbocycles. The second-order valence-electron chi connectivity index (χ2n) is 6.12. The summed E-state index contributed by atoms with van der Waals surface area (Å²) in [7, 11) is 0.